The molecule has 6 heteroatoms. The molecular weight excluding hydrogens is 279 g/mol. The summed E-state index contributed by atoms with van der Waals surface area (Å²) in [6.07, 6.45) is 4.27. The highest BCUT2D eigenvalue weighted by Gasteiger charge is 2.31. The number of sulfonamides is 1. The summed E-state index contributed by atoms with van der Waals surface area (Å²) in [6, 6.07) is 6.85. The van der Waals surface area contributed by atoms with E-state index in [1.54, 1.807) is 0 Å². The number of nitrogens with one attached hydrogen (secondary N) is 2. The molecule has 0 amide bonds. The van der Waals surface area contributed by atoms with Gasteiger partial charge in [-0.3, -0.25) is 0 Å². The Balaban J connectivity index is 1.80. The maximum Gasteiger partial charge on any atom is 0.208 e. The van der Waals surface area contributed by atoms with Crippen LogP contribution in [0, 0.1) is 11.7 Å². The van der Waals surface area contributed by atoms with Crippen LogP contribution in [-0.4, -0.2) is 27.8 Å². The van der Waals surface area contributed by atoms with Gasteiger partial charge in [-0.2, -0.15) is 0 Å². The quantitative estimate of drug-likeness (QED) is 0.720. The second kappa shape index (κ2) is 6.65. The van der Waals surface area contributed by atoms with Crippen molar-refractivity contribution in [2.45, 2.75) is 25.3 Å². The molecule has 0 heterocycles. The SMILES string of the molecule is CS(=O)(=O)NCCCNC(c1ccc(F)cc1)C1CC1. The standard InChI is InChI=1S/C14H21FN2O2S/c1-20(18,19)17-10-2-9-16-14(11-3-4-11)12-5-7-13(15)8-6-12/h5-8,11,14,16-17H,2-4,9-10H2,1H3. The predicted octanol–water partition coefficient (Wildman–Crippen LogP) is 1.81. The van der Waals surface area contributed by atoms with E-state index in [0.29, 0.717) is 12.5 Å². The highest BCUT2D eigenvalue weighted by molar-refractivity contribution is 7.88. The van der Waals surface area contributed by atoms with E-state index in [4.69, 9.17) is 0 Å². The Morgan fingerprint density at radius 1 is 1.25 bits per heavy atom. The van der Waals surface area contributed by atoms with E-state index in [1.807, 2.05) is 12.1 Å². The van der Waals surface area contributed by atoms with Gasteiger partial charge in [0.2, 0.25) is 10.0 Å². The van der Waals surface area contributed by atoms with Gasteiger partial charge >= 0.3 is 0 Å². The second-order valence-electron chi connectivity index (χ2n) is 5.34. The zero-order valence-electron chi connectivity index (χ0n) is 11.6. The van der Waals surface area contributed by atoms with Gasteiger partial charge in [-0.15, -0.1) is 0 Å². The first kappa shape index (κ1) is 15.4. The molecule has 0 saturated heterocycles. The first-order valence-electron chi connectivity index (χ1n) is 6.89. The number of hydrogen-bond donors (Lipinski definition) is 2. The molecule has 1 aliphatic carbocycles. The molecule has 112 valence electrons. The van der Waals surface area contributed by atoms with E-state index in [2.05, 4.69) is 10.0 Å². The van der Waals surface area contributed by atoms with Crippen LogP contribution in [0.2, 0.25) is 0 Å². The van der Waals surface area contributed by atoms with E-state index >= 15 is 0 Å². The van der Waals surface area contributed by atoms with E-state index in [-0.39, 0.29) is 11.9 Å². The zero-order chi connectivity index (χ0) is 14.6. The fourth-order valence-corrected chi connectivity index (χ4v) is 2.78. The lowest BCUT2D eigenvalue weighted by molar-refractivity contribution is 0.473. The summed E-state index contributed by atoms with van der Waals surface area (Å²) in [5.41, 5.74) is 1.10. The van der Waals surface area contributed by atoms with Crippen molar-refractivity contribution in [3.8, 4) is 0 Å². The summed E-state index contributed by atoms with van der Waals surface area (Å²) >= 11 is 0. The number of halogens is 1. The summed E-state index contributed by atoms with van der Waals surface area (Å²) in [5, 5.41) is 3.45. The largest absolute Gasteiger partial charge is 0.310 e. The van der Waals surface area contributed by atoms with Crippen LogP contribution in [0.5, 0.6) is 0 Å². The molecule has 2 rings (SSSR count). The molecular formula is C14H21FN2O2S. The van der Waals surface area contributed by atoms with Crippen LogP contribution in [-0.2, 0) is 10.0 Å². The smallest absolute Gasteiger partial charge is 0.208 e. The first-order chi connectivity index (χ1) is 9.46. The third kappa shape index (κ3) is 5.19. The number of benzene rings is 1. The van der Waals surface area contributed by atoms with Gasteiger partial charge in [0.25, 0.3) is 0 Å². The highest BCUT2D eigenvalue weighted by atomic mass is 32.2. The molecule has 1 saturated carbocycles. The fraction of sp³-hybridized carbons (Fsp3) is 0.571. The molecule has 1 atom stereocenters. The van der Waals surface area contributed by atoms with Gasteiger partial charge in [0, 0.05) is 12.6 Å². The summed E-state index contributed by atoms with van der Waals surface area (Å²) in [4.78, 5) is 0. The van der Waals surface area contributed by atoms with Crippen molar-refractivity contribution in [1.29, 1.82) is 0 Å². The lowest BCUT2D eigenvalue weighted by Gasteiger charge is -2.19. The van der Waals surface area contributed by atoms with Crippen LogP contribution in [0.4, 0.5) is 4.39 Å². The van der Waals surface area contributed by atoms with Gasteiger partial charge in [0.15, 0.2) is 0 Å². The average molecular weight is 300 g/mol. The topological polar surface area (TPSA) is 58.2 Å². The summed E-state index contributed by atoms with van der Waals surface area (Å²) < 4.78 is 37.3. The molecule has 1 aromatic rings. The second-order valence-corrected chi connectivity index (χ2v) is 7.17. The summed E-state index contributed by atoms with van der Waals surface area (Å²) in [6.45, 7) is 1.17. The molecule has 1 aromatic carbocycles. The fourth-order valence-electron chi connectivity index (χ4n) is 2.26. The maximum absolute atomic E-state index is 12.9. The van der Waals surface area contributed by atoms with Crippen LogP contribution in [0.1, 0.15) is 30.9 Å². The molecule has 4 nitrogen and oxygen atoms in total. The minimum Gasteiger partial charge on any atom is -0.310 e. The maximum atomic E-state index is 12.9. The Bertz CT molecular complexity index is 527. The minimum absolute atomic E-state index is 0.222. The van der Waals surface area contributed by atoms with E-state index in [1.165, 1.54) is 25.0 Å². The van der Waals surface area contributed by atoms with Crippen LogP contribution in [0.3, 0.4) is 0 Å². The van der Waals surface area contributed by atoms with E-state index in [9.17, 15) is 12.8 Å². The van der Waals surface area contributed by atoms with Crippen molar-refractivity contribution in [3.63, 3.8) is 0 Å². The van der Waals surface area contributed by atoms with Crippen molar-refractivity contribution in [3.05, 3.63) is 35.6 Å². The lowest BCUT2D eigenvalue weighted by Crippen LogP contribution is -2.29. The molecule has 0 radical (unpaired) electrons. The molecule has 0 spiro atoms. The summed E-state index contributed by atoms with van der Waals surface area (Å²) in [5.74, 6) is 0.393. The van der Waals surface area contributed by atoms with Crippen LogP contribution in [0.15, 0.2) is 24.3 Å². The van der Waals surface area contributed by atoms with Crippen molar-refractivity contribution in [2.24, 2.45) is 5.92 Å². The van der Waals surface area contributed by atoms with Gasteiger partial charge in [0.05, 0.1) is 6.26 Å². The van der Waals surface area contributed by atoms with Gasteiger partial charge in [0.1, 0.15) is 5.82 Å². The van der Waals surface area contributed by atoms with Crippen molar-refractivity contribution >= 4 is 10.0 Å². The highest BCUT2D eigenvalue weighted by Crippen LogP contribution is 2.40. The molecule has 2 N–H and O–H groups in total. The normalized spacial score (nSPS) is 17.1. The van der Waals surface area contributed by atoms with Crippen molar-refractivity contribution in [2.75, 3.05) is 19.3 Å². The molecule has 0 aliphatic heterocycles. The Morgan fingerprint density at radius 3 is 2.45 bits per heavy atom. The number of rotatable bonds is 8. The molecule has 1 aliphatic rings. The Hall–Kier alpha value is -0.980. The zero-order valence-corrected chi connectivity index (χ0v) is 12.4. The molecule has 1 unspecified atom stereocenters. The average Bonchev–Trinajstić information content (AvgIpc) is 3.18. The predicted molar refractivity (Wildman–Crippen MR) is 77.3 cm³/mol. The van der Waals surface area contributed by atoms with Crippen LogP contribution in [0.25, 0.3) is 0 Å². The Labute approximate surface area is 119 Å². The molecule has 1 fully saturated rings. The summed E-state index contributed by atoms with van der Waals surface area (Å²) in [7, 11) is -3.11. The van der Waals surface area contributed by atoms with Gasteiger partial charge < -0.3 is 5.32 Å². The molecule has 20 heavy (non-hydrogen) atoms. The van der Waals surface area contributed by atoms with Crippen molar-refractivity contribution < 1.29 is 12.8 Å². The van der Waals surface area contributed by atoms with Gasteiger partial charge in [-0.05, 0) is 49.4 Å². The minimum atomic E-state index is -3.11. The van der Waals surface area contributed by atoms with Crippen LogP contribution >= 0.6 is 0 Å². The molecule has 0 aromatic heterocycles. The molecule has 0 bridgehead atoms. The Kier molecular flexibility index (Phi) is 5.12. The third-order valence-electron chi connectivity index (χ3n) is 3.40. The van der Waals surface area contributed by atoms with Gasteiger partial charge in [-0.25, -0.2) is 17.5 Å². The first-order valence-corrected chi connectivity index (χ1v) is 8.78. The van der Waals surface area contributed by atoms with Gasteiger partial charge in [-0.1, -0.05) is 12.1 Å². The van der Waals surface area contributed by atoms with E-state index < -0.39 is 10.0 Å². The Morgan fingerprint density at radius 2 is 1.90 bits per heavy atom. The third-order valence-corrected chi connectivity index (χ3v) is 4.13. The van der Waals surface area contributed by atoms with Crippen molar-refractivity contribution in [1.82, 2.24) is 10.0 Å². The van der Waals surface area contributed by atoms with Crippen LogP contribution < -0.4 is 10.0 Å². The monoisotopic (exact) mass is 300 g/mol. The lowest BCUT2D eigenvalue weighted by atomic mass is 10.0. The van der Waals surface area contributed by atoms with E-state index in [0.717, 1.165) is 24.8 Å². The number of hydrogen-bond acceptors (Lipinski definition) is 3.